The average Bonchev–Trinajstić information content (AvgIpc) is 2.45. The highest BCUT2D eigenvalue weighted by Crippen LogP contribution is 2.57. The van der Waals surface area contributed by atoms with Gasteiger partial charge in [-0.1, -0.05) is 0 Å². The number of rotatable bonds is 1. The van der Waals surface area contributed by atoms with Gasteiger partial charge < -0.3 is 51.2 Å². The molecule has 124 valence electrons. The molecule has 0 amide bonds. The summed E-state index contributed by atoms with van der Waals surface area (Å²) in [5, 5.41) is 66.3. The number of guanidine groups is 1. The molecule has 4 bridgehead atoms. The Morgan fingerprint density at radius 1 is 1.27 bits per heavy atom. The van der Waals surface area contributed by atoms with Gasteiger partial charge in [-0.3, -0.25) is 0 Å². The first-order chi connectivity index (χ1) is 10.2. The first kappa shape index (κ1) is 14.5. The first-order valence-electron chi connectivity index (χ1n) is 6.75. The lowest BCUT2D eigenvalue weighted by Gasteiger charge is -2.75. The molecular weight excluding hydrogens is 302 g/mol. The maximum absolute atomic E-state index is 12.5. The predicted molar refractivity (Wildman–Crippen MR) is 63.5 cm³/mol. The molecule has 0 aromatic heterocycles. The van der Waals surface area contributed by atoms with Crippen LogP contribution < -0.4 is 16.2 Å². The van der Waals surface area contributed by atoms with Gasteiger partial charge in [0.15, 0.2) is 12.2 Å². The summed E-state index contributed by atoms with van der Waals surface area (Å²) >= 11 is 0. The van der Waals surface area contributed by atoms with Gasteiger partial charge >= 0.3 is 0 Å². The van der Waals surface area contributed by atoms with E-state index < -0.39 is 60.3 Å². The number of nitrogens with zero attached hydrogens (tertiary/aromatic N) is 1. The predicted octanol–water partition coefficient (Wildman–Crippen LogP) is -6.15. The Bertz CT molecular complexity index is 561. The molecule has 4 fully saturated rings. The van der Waals surface area contributed by atoms with Crippen LogP contribution in [-0.4, -0.2) is 85.9 Å². The molecule has 3 saturated heterocycles. The third-order valence-electron chi connectivity index (χ3n) is 5.20. The third kappa shape index (κ3) is 1.28. The van der Waals surface area contributed by atoms with Crippen molar-refractivity contribution >= 4 is 5.96 Å². The standard InChI is InChI=1S/C11H16N3O8/c12-8-13-6(17)2-4-9(19,1-15)5-3(16)10(2,14-8)7(18)11(20,21-4)22-5/h2-7,15-19H,1H2,(H3,12,13,14)/q-1/t2-,3?,4+,5?,6+,7+,9+,10-,11?/m1/s1. The fraction of sp³-hybridized carbons (Fsp3) is 0.909. The van der Waals surface area contributed by atoms with Crippen molar-refractivity contribution in [1.29, 1.82) is 0 Å². The molecule has 22 heavy (non-hydrogen) atoms. The van der Waals surface area contributed by atoms with Gasteiger partial charge in [-0.2, -0.15) is 0 Å². The summed E-state index contributed by atoms with van der Waals surface area (Å²) in [5.74, 6) is -4.26. The van der Waals surface area contributed by atoms with Crippen molar-refractivity contribution < 1.29 is 40.1 Å². The van der Waals surface area contributed by atoms with E-state index in [1.54, 1.807) is 0 Å². The van der Waals surface area contributed by atoms with Gasteiger partial charge in [-0.25, -0.2) is 4.99 Å². The van der Waals surface area contributed by atoms with Crippen LogP contribution in [0.25, 0.3) is 0 Å². The second-order valence-electron chi connectivity index (χ2n) is 6.19. The molecule has 8 N–H and O–H groups in total. The van der Waals surface area contributed by atoms with E-state index in [0.29, 0.717) is 0 Å². The summed E-state index contributed by atoms with van der Waals surface area (Å²) in [6, 6.07) is 0. The summed E-state index contributed by atoms with van der Waals surface area (Å²) in [5.41, 5.74) is 1.61. The lowest BCUT2D eigenvalue weighted by Crippen LogP contribution is -2.97. The smallest absolute Gasteiger partial charge is 0.191 e. The zero-order valence-electron chi connectivity index (χ0n) is 11.2. The molecule has 4 heterocycles. The van der Waals surface area contributed by atoms with E-state index in [9.17, 15) is 30.6 Å². The van der Waals surface area contributed by atoms with Gasteiger partial charge in [0.05, 0.1) is 12.5 Å². The van der Waals surface area contributed by atoms with Crippen LogP contribution in [0.2, 0.25) is 0 Å². The van der Waals surface area contributed by atoms with Crippen LogP contribution in [0.5, 0.6) is 0 Å². The maximum Gasteiger partial charge on any atom is 0.191 e. The van der Waals surface area contributed by atoms with Crippen molar-refractivity contribution in [3.63, 3.8) is 0 Å². The monoisotopic (exact) mass is 318 g/mol. The number of aliphatic hydroxyl groups is 5. The first-order valence-corrected chi connectivity index (χ1v) is 6.75. The maximum atomic E-state index is 12.5. The lowest BCUT2D eigenvalue weighted by molar-refractivity contribution is -0.709. The Hall–Kier alpha value is -1.05. The molecule has 1 spiro atoms. The molecule has 0 aromatic carbocycles. The van der Waals surface area contributed by atoms with E-state index in [-0.39, 0.29) is 5.96 Å². The van der Waals surface area contributed by atoms with E-state index in [1.807, 2.05) is 0 Å². The van der Waals surface area contributed by atoms with Crippen molar-refractivity contribution in [2.45, 2.75) is 47.8 Å². The molecule has 11 nitrogen and oxygen atoms in total. The van der Waals surface area contributed by atoms with Crippen LogP contribution in [-0.2, 0) is 9.47 Å². The number of aliphatic hydroxyl groups excluding tert-OH is 4. The van der Waals surface area contributed by atoms with E-state index in [0.717, 1.165) is 0 Å². The second-order valence-corrected chi connectivity index (χ2v) is 6.19. The van der Waals surface area contributed by atoms with E-state index in [2.05, 4.69) is 10.3 Å². The number of aliphatic imine (C=N–C) groups is 1. The van der Waals surface area contributed by atoms with Crippen molar-refractivity contribution in [3.05, 3.63) is 0 Å². The number of hydrogen-bond donors (Lipinski definition) is 7. The minimum absolute atomic E-state index is 0.278. The highest BCUT2D eigenvalue weighted by atomic mass is 16.9. The molecule has 9 atom stereocenters. The molecule has 3 unspecified atom stereocenters. The number of hydrogen-bond acceptors (Lipinski definition) is 11. The number of nitrogens with two attached hydrogens (primary N) is 1. The van der Waals surface area contributed by atoms with Gasteiger partial charge in [0.1, 0.15) is 41.5 Å². The van der Waals surface area contributed by atoms with Crippen LogP contribution in [0.3, 0.4) is 0 Å². The molecular formula is C11H16N3O8-. The van der Waals surface area contributed by atoms with Crippen LogP contribution in [0, 0.1) is 5.92 Å². The van der Waals surface area contributed by atoms with Crippen molar-refractivity contribution in [1.82, 2.24) is 5.32 Å². The quantitative estimate of drug-likeness (QED) is 0.244. The average molecular weight is 318 g/mol. The topological polar surface area (TPSA) is 193 Å². The summed E-state index contributed by atoms with van der Waals surface area (Å²) in [6.07, 6.45) is -8.08. The van der Waals surface area contributed by atoms with Gasteiger partial charge in [-0.05, 0) is 0 Å². The molecule has 11 heteroatoms. The summed E-state index contributed by atoms with van der Waals surface area (Å²) in [7, 11) is 0. The summed E-state index contributed by atoms with van der Waals surface area (Å²) in [4.78, 5) is 3.68. The van der Waals surface area contributed by atoms with E-state index in [1.165, 1.54) is 0 Å². The van der Waals surface area contributed by atoms with Gasteiger partial charge in [0.2, 0.25) is 0 Å². The van der Waals surface area contributed by atoms with Crippen molar-refractivity contribution in [3.8, 4) is 0 Å². The molecule has 1 saturated carbocycles. The van der Waals surface area contributed by atoms with Crippen molar-refractivity contribution in [2.24, 2.45) is 16.6 Å². The lowest BCUT2D eigenvalue weighted by atomic mass is 9.55. The minimum atomic E-state index is -2.77. The largest absolute Gasteiger partial charge is 0.805 e. The zero-order chi connectivity index (χ0) is 16.1. The van der Waals surface area contributed by atoms with Crippen molar-refractivity contribution in [2.75, 3.05) is 6.61 Å². The van der Waals surface area contributed by atoms with Crippen LogP contribution >= 0.6 is 0 Å². The highest BCUT2D eigenvalue weighted by molar-refractivity contribution is 5.80. The van der Waals surface area contributed by atoms with Crippen LogP contribution in [0.15, 0.2) is 4.99 Å². The SMILES string of the molecule is NC1=N[C@@H](O)[C@H]2[C@@H]3OC4([O-])OC(C(O)[C@@]2(N1)[C@@H]4O)[C@]3(O)CO. The molecule has 1 aliphatic carbocycles. The third-order valence-corrected chi connectivity index (χ3v) is 5.20. The molecule has 0 radical (unpaired) electrons. The Morgan fingerprint density at radius 3 is 2.55 bits per heavy atom. The highest BCUT2D eigenvalue weighted by Gasteiger charge is 2.80. The molecule has 5 rings (SSSR count). The normalized spacial score (nSPS) is 62.4. The Labute approximate surface area is 123 Å². The minimum Gasteiger partial charge on any atom is -0.805 e. The Kier molecular flexibility index (Phi) is 2.57. The molecule has 0 aromatic rings. The summed E-state index contributed by atoms with van der Waals surface area (Å²) < 4.78 is 10.1. The van der Waals surface area contributed by atoms with Crippen LogP contribution in [0.1, 0.15) is 0 Å². The van der Waals surface area contributed by atoms with Crippen LogP contribution in [0.4, 0.5) is 0 Å². The second kappa shape index (κ2) is 3.88. The number of nitrogens with one attached hydrogen (secondary N) is 1. The fourth-order valence-electron chi connectivity index (χ4n) is 4.22. The Morgan fingerprint density at radius 2 is 1.91 bits per heavy atom. The van der Waals surface area contributed by atoms with Gasteiger partial charge in [-0.15, -0.1) is 0 Å². The van der Waals surface area contributed by atoms with E-state index >= 15 is 0 Å². The molecule has 4 aliphatic heterocycles. The van der Waals surface area contributed by atoms with Gasteiger partial charge in [0, 0.05) is 0 Å². The summed E-state index contributed by atoms with van der Waals surface area (Å²) in [6.45, 7) is -0.885. The van der Waals surface area contributed by atoms with Gasteiger partial charge in [0.25, 0.3) is 0 Å². The number of ether oxygens (including phenoxy) is 2. The molecule has 5 aliphatic rings. The fourth-order valence-corrected chi connectivity index (χ4v) is 4.22. The van der Waals surface area contributed by atoms with E-state index in [4.69, 9.17) is 15.2 Å². The Balaban J connectivity index is 1.95. The zero-order valence-corrected chi connectivity index (χ0v) is 11.2.